The highest BCUT2D eigenvalue weighted by Crippen LogP contribution is 2.32. The normalized spacial score (nSPS) is 20.3. The van der Waals surface area contributed by atoms with E-state index in [1.54, 1.807) is 0 Å². The molecule has 1 nitrogen and oxygen atoms in total. The average Bonchev–Trinajstić information content (AvgIpc) is 3.45. The molecule has 3 aliphatic rings. The van der Waals surface area contributed by atoms with E-state index in [0.29, 0.717) is 0 Å². The van der Waals surface area contributed by atoms with Crippen molar-refractivity contribution in [3.63, 3.8) is 0 Å². The van der Waals surface area contributed by atoms with Gasteiger partial charge in [0.2, 0.25) is 0 Å². The number of hydrogen-bond donors (Lipinski definition) is 1. The number of nitrogens with one attached hydrogen (secondary N) is 1. The molecule has 0 bridgehead atoms. The third-order valence-corrected chi connectivity index (χ3v) is 8.42. The third kappa shape index (κ3) is 7.07. The van der Waals surface area contributed by atoms with E-state index in [4.69, 9.17) is 0 Å². The molecule has 0 saturated carbocycles. The second-order valence-electron chi connectivity index (χ2n) is 11.0. The van der Waals surface area contributed by atoms with Crippen LogP contribution in [0.25, 0.3) is 11.1 Å². The quantitative estimate of drug-likeness (QED) is 0.222. The predicted molar refractivity (Wildman–Crippen MR) is 167 cm³/mol. The van der Waals surface area contributed by atoms with Crippen LogP contribution < -0.4 is 15.8 Å². The summed E-state index contributed by atoms with van der Waals surface area (Å²) in [5.41, 5.74) is 9.99. The van der Waals surface area contributed by atoms with Gasteiger partial charge in [-0.15, -0.1) is 0 Å². The molecule has 0 saturated heterocycles. The second-order valence-corrected chi connectivity index (χ2v) is 11.0. The minimum atomic E-state index is 0.799. The molecule has 0 aliphatic heterocycles. The zero-order valence-electron chi connectivity index (χ0n) is 24.0. The number of benzene rings is 1. The van der Waals surface area contributed by atoms with E-state index in [9.17, 15) is 0 Å². The highest BCUT2D eigenvalue weighted by atomic mass is 14.9. The first-order valence-electron chi connectivity index (χ1n) is 15.0. The lowest BCUT2D eigenvalue weighted by Crippen LogP contribution is -2.32. The van der Waals surface area contributed by atoms with Crippen molar-refractivity contribution in [2.45, 2.75) is 85.0 Å². The summed E-state index contributed by atoms with van der Waals surface area (Å²) in [4.78, 5) is 0. The molecular formula is C37H47N. The summed E-state index contributed by atoms with van der Waals surface area (Å²) in [7, 11) is 0. The van der Waals surface area contributed by atoms with Crippen molar-refractivity contribution in [1.82, 2.24) is 5.32 Å². The topological polar surface area (TPSA) is 12.0 Å². The van der Waals surface area contributed by atoms with Gasteiger partial charge in [0.1, 0.15) is 0 Å². The summed E-state index contributed by atoms with van der Waals surface area (Å²) in [6, 6.07) is 8.99. The zero-order chi connectivity index (χ0) is 26.7. The van der Waals surface area contributed by atoms with Gasteiger partial charge in [0, 0.05) is 12.2 Å². The van der Waals surface area contributed by atoms with E-state index in [0.717, 1.165) is 44.6 Å². The molecule has 0 aromatic heterocycles. The van der Waals surface area contributed by atoms with Crippen LogP contribution in [0.5, 0.6) is 0 Å². The largest absolute Gasteiger partial charge is 0.384 e. The van der Waals surface area contributed by atoms with Crippen LogP contribution in [0.3, 0.4) is 0 Å². The Labute approximate surface area is 231 Å². The monoisotopic (exact) mass is 505 g/mol. The van der Waals surface area contributed by atoms with Crippen LogP contribution in [0.1, 0.15) is 85.0 Å². The molecule has 200 valence electrons. The molecule has 0 heterocycles. The summed E-state index contributed by atoms with van der Waals surface area (Å²) in [5, 5.41) is 6.52. The molecule has 0 fully saturated rings. The fraction of sp³-hybridized carbons (Fsp3) is 0.405. The molecule has 1 N–H and O–H groups in total. The Morgan fingerprint density at radius 1 is 1.05 bits per heavy atom. The third-order valence-electron chi connectivity index (χ3n) is 8.42. The van der Waals surface area contributed by atoms with Crippen LogP contribution in [0, 0.1) is 5.92 Å². The highest BCUT2D eigenvalue weighted by molar-refractivity contribution is 5.76. The Hall–Kier alpha value is -3.06. The van der Waals surface area contributed by atoms with E-state index < -0.39 is 0 Å². The molecule has 1 heteroatoms. The van der Waals surface area contributed by atoms with Gasteiger partial charge in [-0.1, -0.05) is 106 Å². The maximum atomic E-state index is 4.16. The van der Waals surface area contributed by atoms with Gasteiger partial charge < -0.3 is 5.32 Å². The van der Waals surface area contributed by atoms with Gasteiger partial charge in [0.15, 0.2) is 0 Å². The van der Waals surface area contributed by atoms with Crippen molar-refractivity contribution in [3.05, 3.63) is 118 Å². The molecule has 0 spiro atoms. The maximum Gasteiger partial charge on any atom is 0.0400 e. The van der Waals surface area contributed by atoms with Crippen LogP contribution in [0.2, 0.25) is 0 Å². The Morgan fingerprint density at radius 2 is 1.84 bits per heavy atom. The van der Waals surface area contributed by atoms with E-state index in [1.165, 1.54) is 81.7 Å². The maximum absolute atomic E-state index is 4.16. The first kappa shape index (κ1) is 28.0. The van der Waals surface area contributed by atoms with Gasteiger partial charge >= 0.3 is 0 Å². The van der Waals surface area contributed by atoms with Gasteiger partial charge in [0.25, 0.3) is 0 Å². The highest BCUT2D eigenvalue weighted by Gasteiger charge is 2.18. The van der Waals surface area contributed by atoms with Crippen LogP contribution >= 0.6 is 0 Å². The predicted octanol–water partition coefficient (Wildman–Crippen LogP) is 8.53. The van der Waals surface area contributed by atoms with Gasteiger partial charge in [-0.05, 0) is 108 Å². The first-order valence-corrected chi connectivity index (χ1v) is 15.0. The molecule has 38 heavy (non-hydrogen) atoms. The Balaban J connectivity index is 1.68. The number of unbranched alkanes of at least 4 members (excludes halogenated alkanes) is 2. The summed E-state index contributed by atoms with van der Waals surface area (Å²) in [6.07, 6.45) is 30.1. The Kier molecular flexibility index (Phi) is 10.4. The summed E-state index contributed by atoms with van der Waals surface area (Å²) >= 11 is 0. The zero-order valence-corrected chi connectivity index (χ0v) is 24.0. The van der Waals surface area contributed by atoms with Crippen molar-refractivity contribution < 1.29 is 0 Å². The molecular weight excluding hydrogens is 458 g/mol. The number of hydrogen-bond acceptors (Lipinski definition) is 1. The van der Waals surface area contributed by atoms with Crippen LogP contribution in [-0.4, -0.2) is 6.54 Å². The molecule has 1 aromatic rings. The summed E-state index contributed by atoms with van der Waals surface area (Å²) in [6.45, 7) is 11.9. The lowest BCUT2D eigenvalue weighted by Gasteiger charge is -2.19. The van der Waals surface area contributed by atoms with Crippen LogP contribution in [0.15, 0.2) is 107 Å². The van der Waals surface area contributed by atoms with Gasteiger partial charge in [-0.3, -0.25) is 0 Å². The van der Waals surface area contributed by atoms with Crippen LogP contribution in [0.4, 0.5) is 0 Å². The Morgan fingerprint density at radius 3 is 2.53 bits per heavy atom. The number of rotatable bonds is 12. The van der Waals surface area contributed by atoms with Gasteiger partial charge in [-0.2, -0.15) is 0 Å². The van der Waals surface area contributed by atoms with Gasteiger partial charge in [-0.25, -0.2) is 0 Å². The molecule has 1 atom stereocenters. The minimum Gasteiger partial charge on any atom is -0.384 e. The van der Waals surface area contributed by atoms with E-state index >= 15 is 0 Å². The molecule has 0 radical (unpaired) electrons. The summed E-state index contributed by atoms with van der Waals surface area (Å²) < 4.78 is 0. The van der Waals surface area contributed by atoms with Crippen LogP contribution in [-0.2, 0) is 0 Å². The molecule has 1 aromatic carbocycles. The van der Waals surface area contributed by atoms with Crippen molar-refractivity contribution in [2.75, 3.05) is 6.54 Å². The fourth-order valence-electron chi connectivity index (χ4n) is 5.95. The lowest BCUT2D eigenvalue weighted by molar-refractivity contribution is 0.544. The van der Waals surface area contributed by atoms with Crippen molar-refractivity contribution >= 4 is 11.1 Å². The van der Waals surface area contributed by atoms with Crippen molar-refractivity contribution in [1.29, 1.82) is 0 Å². The smallest absolute Gasteiger partial charge is 0.0400 e. The number of allylic oxidation sites excluding steroid dienone is 11. The van der Waals surface area contributed by atoms with Crippen molar-refractivity contribution in [3.8, 4) is 0 Å². The first-order chi connectivity index (χ1) is 18.6. The lowest BCUT2D eigenvalue weighted by atomic mass is 9.86. The SMILES string of the molecule is C=C/C(=C\CCCC)C1=c2ccccc2=C(/C(C)=C/C=C(\CNC2=CC=CCC2)C2=CCC(CC)C2)CC1. The van der Waals surface area contributed by atoms with E-state index in [2.05, 4.69) is 106 Å². The minimum absolute atomic E-state index is 0.799. The van der Waals surface area contributed by atoms with Gasteiger partial charge in [0.05, 0.1) is 0 Å². The van der Waals surface area contributed by atoms with E-state index in [1.807, 2.05) is 0 Å². The second kappa shape index (κ2) is 14.2. The fourth-order valence-corrected chi connectivity index (χ4v) is 5.95. The van der Waals surface area contributed by atoms with E-state index in [-0.39, 0.29) is 0 Å². The molecule has 0 amide bonds. The average molecular weight is 506 g/mol. The molecule has 3 aliphatic carbocycles. The molecule has 1 unspecified atom stereocenters. The van der Waals surface area contributed by atoms with Crippen molar-refractivity contribution in [2.24, 2.45) is 5.92 Å². The standard InChI is InChI=1S/C37H47N/c1-5-8-10-15-30(7-3)35-25-24-34(36-18-13-14-19-37(35)36)28(4)20-22-32(31-23-21-29(6-2)26-31)27-38-33-16-11-9-12-17-33/h7,9,11,13-16,18-20,22-23,29,38H,3,5-6,8,10,12,17,21,24-27H2,1-2,4H3/b28-20+,30-15+,32-22+. The number of fused-ring (bicyclic) bond motifs is 1. The summed E-state index contributed by atoms with van der Waals surface area (Å²) in [5.74, 6) is 0.799. The molecule has 4 rings (SSSR count). The Bertz CT molecular complexity index is 1300.